The molecule has 0 radical (unpaired) electrons. The SMILES string of the molecule is CCN(c1ccccc1)S(=O)(=O)C=Cc1ccccc1. The van der Waals surface area contributed by atoms with E-state index in [0.29, 0.717) is 12.2 Å². The quantitative estimate of drug-likeness (QED) is 0.844. The normalized spacial score (nSPS) is 11.7. The first kappa shape index (κ1) is 14.3. The molecule has 2 aromatic rings. The van der Waals surface area contributed by atoms with Gasteiger partial charge in [-0.05, 0) is 30.7 Å². The lowest BCUT2D eigenvalue weighted by Gasteiger charge is -2.20. The van der Waals surface area contributed by atoms with Gasteiger partial charge in [-0.2, -0.15) is 0 Å². The highest BCUT2D eigenvalue weighted by Gasteiger charge is 2.17. The van der Waals surface area contributed by atoms with Gasteiger partial charge in [-0.3, -0.25) is 4.31 Å². The molecule has 0 saturated heterocycles. The van der Waals surface area contributed by atoms with Crippen LogP contribution in [-0.2, 0) is 10.0 Å². The second kappa shape index (κ2) is 6.39. The standard InChI is InChI=1S/C16H17NO2S/c1-2-17(16-11-7-4-8-12-16)20(18,19)14-13-15-9-5-3-6-10-15/h3-14H,2H2,1H3. The molecule has 0 aliphatic rings. The Morgan fingerprint density at radius 3 is 2.05 bits per heavy atom. The van der Waals surface area contributed by atoms with Gasteiger partial charge in [-0.15, -0.1) is 0 Å². The molecule has 0 atom stereocenters. The number of benzene rings is 2. The molecule has 0 heterocycles. The summed E-state index contributed by atoms with van der Waals surface area (Å²) in [5, 5.41) is 1.25. The maximum Gasteiger partial charge on any atom is 0.257 e. The third-order valence-electron chi connectivity index (χ3n) is 2.87. The van der Waals surface area contributed by atoms with E-state index in [1.807, 2.05) is 55.5 Å². The van der Waals surface area contributed by atoms with Crippen molar-refractivity contribution >= 4 is 21.8 Å². The van der Waals surface area contributed by atoms with Gasteiger partial charge in [0.05, 0.1) is 11.1 Å². The third-order valence-corrected chi connectivity index (χ3v) is 4.43. The van der Waals surface area contributed by atoms with Gasteiger partial charge in [0.1, 0.15) is 0 Å². The fourth-order valence-electron chi connectivity index (χ4n) is 1.91. The van der Waals surface area contributed by atoms with E-state index in [1.165, 1.54) is 9.71 Å². The molecule has 3 nitrogen and oxygen atoms in total. The number of rotatable bonds is 5. The van der Waals surface area contributed by atoms with Gasteiger partial charge < -0.3 is 0 Å². The minimum Gasteiger partial charge on any atom is -0.267 e. The number of hydrogen-bond acceptors (Lipinski definition) is 2. The fraction of sp³-hybridized carbons (Fsp3) is 0.125. The van der Waals surface area contributed by atoms with Gasteiger partial charge in [-0.1, -0.05) is 48.5 Å². The van der Waals surface area contributed by atoms with Gasteiger partial charge in [0.2, 0.25) is 0 Å². The van der Waals surface area contributed by atoms with Crippen molar-refractivity contribution in [3.8, 4) is 0 Å². The Morgan fingerprint density at radius 1 is 0.950 bits per heavy atom. The van der Waals surface area contributed by atoms with Crippen LogP contribution < -0.4 is 4.31 Å². The summed E-state index contributed by atoms with van der Waals surface area (Å²) in [6, 6.07) is 18.5. The van der Waals surface area contributed by atoms with Gasteiger partial charge in [-0.25, -0.2) is 8.42 Å². The highest BCUT2D eigenvalue weighted by Crippen LogP contribution is 2.18. The largest absolute Gasteiger partial charge is 0.267 e. The van der Waals surface area contributed by atoms with E-state index in [9.17, 15) is 8.42 Å². The van der Waals surface area contributed by atoms with Crippen LogP contribution in [0.25, 0.3) is 6.08 Å². The number of para-hydroxylation sites is 1. The van der Waals surface area contributed by atoms with E-state index < -0.39 is 10.0 Å². The molecule has 0 aliphatic carbocycles. The van der Waals surface area contributed by atoms with Gasteiger partial charge in [0.15, 0.2) is 0 Å². The molecule has 2 rings (SSSR count). The Labute approximate surface area is 120 Å². The van der Waals surface area contributed by atoms with E-state index in [0.717, 1.165) is 5.56 Å². The van der Waals surface area contributed by atoms with Crippen molar-refractivity contribution < 1.29 is 8.42 Å². The fourth-order valence-corrected chi connectivity index (χ4v) is 3.16. The van der Waals surface area contributed by atoms with Crippen molar-refractivity contribution in [2.24, 2.45) is 0 Å². The third kappa shape index (κ3) is 3.48. The second-order valence-electron chi connectivity index (χ2n) is 4.26. The van der Waals surface area contributed by atoms with Crippen LogP contribution in [0.2, 0.25) is 0 Å². The Hall–Kier alpha value is -2.07. The molecule has 0 aliphatic heterocycles. The first-order chi connectivity index (χ1) is 9.63. The Balaban J connectivity index is 2.27. The average molecular weight is 287 g/mol. The topological polar surface area (TPSA) is 37.4 Å². The first-order valence-electron chi connectivity index (χ1n) is 6.44. The number of nitrogens with zero attached hydrogens (tertiary/aromatic N) is 1. The molecule has 104 valence electrons. The first-order valence-corrected chi connectivity index (χ1v) is 7.95. The molecule has 4 heteroatoms. The van der Waals surface area contributed by atoms with Crippen LogP contribution in [0.3, 0.4) is 0 Å². The van der Waals surface area contributed by atoms with E-state index in [4.69, 9.17) is 0 Å². The highest BCUT2D eigenvalue weighted by atomic mass is 32.2. The molecule has 20 heavy (non-hydrogen) atoms. The summed E-state index contributed by atoms with van der Waals surface area (Å²) >= 11 is 0. The van der Waals surface area contributed by atoms with Crippen molar-refractivity contribution in [1.29, 1.82) is 0 Å². The molecule has 0 amide bonds. The van der Waals surface area contributed by atoms with Crippen molar-refractivity contribution in [2.45, 2.75) is 6.92 Å². The van der Waals surface area contributed by atoms with Crippen LogP contribution in [0.5, 0.6) is 0 Å². The van der Waals surface area contributed by atoms with E-state index in [2.05, 4.69) is 0 Å². The number of sulfonamides is 1. The lowest BCUT2D eigenvalue weighted by Crippen LogP contribution is -2.28. The van der Waals surface area contributed by atoms with E-state index in [-0.39, 0.29) is 0 Å². The summed E-state index contributed by atoms with van der Waals surface area (Å²) in [5.74, 6) is 0. The van der Waals surface area contributed by atoms with Crippen LogP contribution in [0, 0.1) is 0 Å². The minimum absolute atomic E-state index is 0.394. The zero-order valence-electron chi connectivity index (χ0n) is 11.3. The molecule has 0 bridgehead atoms. The summed E-state index contributed by atoms with van der Waals surface area (Å²) in [6.07, 6.45) is 1.61. The van der Waals surface area contributed by atoms with Gasteiger partial charge in [0.25, 0.3) is 10.0 Å². The van der Waals surface area contributed by atoms with Crippen LogP contribution in [0.15, 0.2) is 66.1 Å². The van der Waals surface area contributed by atoms with Crippen LogP contribution in [-0.4, -0.2) is 15.0 Å². The number of anilines is 1. The smallest absolute Gasteiger partial charge is 0.257 e. The molecule has 0 fully saturated rings. The summed E-state index contributed by atoms with van der Waals surface area (Å²) in [5.41, 5.74) is 1.54. The predicted octanol–water partition coefficient (Wildman–Crippen LogP) is 3.51. The van der Waals surface area contributed by atoms with Crippen molar-refractivity contribution in [3.05, 3.63) is 71.6 Å². The van der Waals surface area contributed by atoms with Crippen LogP contribution in [0.1, 0.15) is 12.5 Å². The molecule has 0 aromatic heterocycles. The molecule has 0 saturated carbocycles. The lowest BCUT2D eigenvalue weighted by molar-refractivity contribution is 0.601. The van der Waals surface area contributed by atoms with E-state index in [1.54, 1.807) is 18.2 Å². The van der Waals surface area contributed by atoms with Gasteiger partial charge in [0, 0.05) is 6.54 Å². The van der Waals surface area contributed by atoms with Crippen molar-refractivity contribution in [2.75, 3.05) is 10.8 Å². The average Bonchev–Trinajstić information content (AvgIpc) is 2.48. The number of hydrogen-bond donors (Lipinski definition) is 0. The van der Waals surface area contributed by atoms with Crippen LogP contribution >= 0.6 is 0 Å². The molecule has 0 N–H and O–H groups in total. The zero-order chi connectivity index (χ0) is 14.4. The molecule has 0 unspecified atom stereocenters. The molecule has 2 aromatic carbocycles. The lowest BCUT2D eigenvalue weighted by atomic mass is 10.2. The zero-order valence-corrected chi connectivity index (χ0v) is 12.1. The van der Waals surface area contributed by atoms with E-state index >= 15 is 0 Å². The minimum atomic E-state index is -3.47. The Kier molecular flexibility index (Phi) is 4.58. The predicted molar refractivity (Wildman–Crippen MR) is 83.9 cm³/mol. The molecular weight excluding hydrogens is 270 g/mol. The monoisotopic (exact) mass is 287 g/mol. The van der Waals surface area contributed by atoms with Gasteiger partial charge >= 0.3 is 0 Å². The van der Waals surface area contributed by atoms with Crippen molar-refractivity contribution in [1.82, 2.24) is 0 Å². The second-order valence-corrected chi connectivity index (χ2v) is 6.00. The Bertz CT molecular complexity index is 664. The van der Waals surface area contributed by atoms with Crippen LogP contribution in [0.4, 0.5) is 5.69 Å². The Morgan fingerprint density at radius 2 is 1.50 bits per heavy atom. The summed E-state index contributed by atoms with van der Waals surface area (Å²) in [4.78, 5) is 0. The molecule has 0 spiro atoms. The summed E-state index contributed by atoms with van der Waals surface area (Å²) in [6.45, 7) is 2.21. The summed E-state index contributed by atoms with van der Waals surface area (Å²) < 4.78 is 26.1. The molecular formula is C16H17NO2S. The highest BCUT2D eigenvalue weighted by molar-refractivity contribution is 7.95. The summed E-state index contributed by atoms with van der Waals surface area (Å²) in [7, 11) is -3.47. The van der Waals surface area contributed by atoms with Crippen molar-refractivity contribution in [3.63, 3.8) is 0 Å². The maximum atomic E-state index is 12.4. The maximum absolute atomic E-state index is 12.4.